The number of anilines is 3. The van der Waals surface area contributed by atoms with Crippen molar-refractivity contribution in [2.45, 2.75) is 6.92 Å². The van der Waals surface area contributed by atoms with Crippen LogP contribution in [0, 0.1) is 6.92 Å². The summed E-state index contributed by atoms with van der Waals surface area (Å²) < 4.78 is 10.5. The number of nitrogen functional groups attached to an aromatic ring is 1. The van der Waals surface area contributed by atoms with Gasteiger partial charge < -0.3 is 20.5 Å². The van der Waals surface area contributed by atoms with Crippen molar-refractivity contribution < 1.29 is 9.47 Å². The van der Waals surface area contributed by atoms with Crippen molar-refractivity contribution in [1.29, 1.82) is 0 Å². The van der Waals surface area contributed by atoms with Crippen molar-refractivity contribution in [1.82, 2.24) is 4.98 Å². The molecule has 0 spiro atoms. The maximum absolute atomic E-state index is 6.00. The Kier molecular flexibility index (Phi) is 3.75. The van der Waals surface area contributed by atoms with Gasteiger partial charge in [-0.1, -0.05) is 0 Å². The van der Waals surface area contributed by atoms with Gasteiger partial charge in [-0.3, -0.25) is 0 Å². The van der Waals surface area contributed by atoms with Crippen LogP contribution in [0.4, 0.5) is 17.2 Å². The molecule has 19 heavy (non-hydrogen) atoms. The molecule has 0 aliphatic carbocycles. The van der Waals surface area contributed by atoms with E-state index in [1.807, 2.05) is 31.2 Å². The van der Waals surface area contributed by atoms with E-state index in [9.17, 15) is 0 Å². The van der Waals surface area contributed by atoms with Gasteiger partial charge in [0.2, 0.25) is 0 Å². The number of nitrogens with zero attached hydrogens (tertiary/aromatic N) is 1. The van der Waals surface area contributed by atoms with Gasteiger partial charge >= 0.3 is 0 Å². The lowest BCUT2D eigenvalue weighted by Crippen LogP contribution is -2.02. The number of aromatic nitrogens is 1. The van der Waals surface area contributed by atoms with Crippen LogP contribution in [-0.2, 0) is 0 Å². The monoisotopic (exact) mass is 259 g/mol. The van der Waals surface area contributed by atoms with Gasteiger partial charge in [0.25, 0.3) is 0 Å². The number of methoxy groups -OCH3 is 2. The zero-order valence-electron chi connectivity index (χ0n) is 11.2. The van der Waals surface area contributed by atoms with Gasteiger partial charge in [-0.25, -0.2) is 4.98 Å². The van der Waals surface area contributed by atoms with Gasteiger partial charge in [-0.15, -0.1) is 0 Å². The number of ether oxygens (including phenoxy) is 2. The largest absolute Gasteiger partial charge is 0.497 e. The number of pyridine rings is 1. The average molecular weight is 259 g/mol. The minimum absolute atomic E-state index is 0.603. The Labute approximate surface area is 112 Å². The minimum Gasteiger partial charge on any atom is -0.497 e. The lowest BCUT2D eigenvalue weighted by molar-refractivity contribution is 0.405. The second-order valence-electron chi connectivity index (χ2n) is 4.08. The van der Waals surface area contributed by atoms with Crippen LogP contribution in [0.25, 0.3) is 0 Å². The average Bonchev–Trinajstić information content (AvgIpc) is 2.43. The van der Waals surface area contributed by atoms with E-state index in [2.05, 4.69) is 10.3 Å². The summed E-state index contributed by atoms with van der Waals surface area (Å²) in [6, 6.07) is 7.36. The van der Waals surface area contributed by atoms with Crippen LogP contribution in [0.15, 0.2) is 30.5 Å². The topological polar surface area (TPSA) is 69.4 Å². The molecule has 2 aromatic rings. The number of hydrogen-bond acceptors (Lipinski definition) is 5. The highest BCUT2D eigenvalue weighted by Crippen LogP contribution is 2.32. The first-order chi connectivity index (χ1) is 9.15. The molecule has 0 fully saturated rings. The Morgan fingerprint density at radius 1 is 1.16 bits per heavy atom. The molecule has 1 aromatic carbocycles. The molecule has 0 atom stereocenters. The second kappa shape index (κ2) is 5.48. The molecule has 0 amide bonds. The van der Waals surface area contributed by atoms with Gasteiger partial charge in [-0.2, -0.15) is 0 Å². The molecule has 5 nitrogen and oxygen atoms in total. The normalized spacial score (nSPS) is 10.1. The van der Waals surface area contributed by atoms with Crippen LogP contribution in [0.2, 0.25) is 0 Å². The van der Waals surface area contributed by atoms with Gasteiger partial charge in [0.15, 0.2) is 5.82 Å². The lowest BCUT2D eigenvalue weighted by atomic mass is 10.2. The predicted octanol–water partition coefficient (Wildman–Crippen LogP) is 2.73. The number of benzene rings is 1. The molecule has 0 aliphatic rings. The molecule has 0 aliphatic heterocycles. The van der Waals surface area contributed by atoms with Crippen LogP contribution in [0.3, 0.4) is 0 Å². The smallest absolute Gasteiger partial charge is 0.153 e. The van der Waals surface area contributed by atoms with Crippen molar-refractivity contribution in [3.05, 3.63) is 36.0 Å². The van der Waals surface area contributed by atoms with E-state index in [0.717, 1.165) is 17.0 Å². The molecule has 0 unspecified atom stereocenters. The molecule has 1 heterocycles. The molecular weight excluding hydrogens is 242 g/mol. The molecule has 3 N–H and O–H groups in total. The maximum atomic E-state index is 6.00. The maximum Gasteiger partial charge on any atom is 0.153 e. The first-order valence-electron chi connectivity index (χ1n) is 5.86. The van der Waals surface area contributed by atoms with Crippen LogP contribution >= 0.6 is 0 Å². The zero-order chi connectivity index (χ0) is 13.8. The van der Waals surface area contributed by atoms with Crippen molar-refractivity contribution in [2.24, 2.45) is 0 Å². The summed E-state index contributed by atoms with van der Waals surface area (Å²) in [5.74, 6) is 2.03. The van der Waals surface area contributed by atoms with Gasteiger partial charge in [-0.05, 0) is 30.7 Å². The van der Waals surface area contributed by atoms with Crippen LogP contribution in [0.5, 0.6) is 11.5 Å². The number of nitrogens with one attached hydrogen (secondary N) is 1. The molecule has 2 rings (SSSR count). The summed E-state index contributed by atoms with van der Waals surface area (Å²) in [6.07, 6.45) is 1.71. The van der Waals surface area contributed by atoms with Crippen LogP contribution in [-0.4, -0.2) is 19.2 Å². The Hall–Kier alpha value is -2.43. The molecule has 0 saturated heterocycles. The summed E-state index contributed by atoms with van der Waals surface area (Å²) in [6.45, 7) is 1.94. The van der Waals surface area contributed by atoms with E-state index in [1.54, 1.807) is 20.4 Å². The fourth-order valence-electron chi connectivity index (χ4n) is 1.71. The SMILES string of the molecule is COc1ccc(OC)c(Nc2nccc(C)c2N)c1. The molecule has 0 bridgehead atoms. The summed E-state index contributed by atoms with van der Waals surface area (Å²) in [5.41, 5.74) is 8.34. The number of rotatable bonds is 4. The quantitative estimate of drug-likeness (QED) is 0.883. The molecule has 100 valence electrons. The third-order valence-electron chi connectivity index (χ3n) is 2.87. The van der Waals surface area contributed by atoms with Gasteiger partial charge in [0.05, 0.1) is 25.6 Å². The van der Waals surface area contributed by atoms with E-state index < -0.39 is 0 Å². The molecule has 0 radical (unpaired) electrons. The lowest BCUT2D eigenvalue weighted by Gasteiger charge is -2.14. The highest BCUT2D eigenvalue weighted by molar-refractivity contribution is 5.74. The van der Waals surface area contributed by atoms with E-state index in [1.165, 1.54) is 0 Å². The third-order valence-corrected chi connectivity index (χ3v) is 2.87. The molecule has 0 saturated carbocycles. The van der Waals surface area contributed by atoms with Crippen molar-refractivity contribution in [3.63, 3.8) is 0 Å². The summed E-state index contributed by atoms with van der Waals surface area (Å²) >= 11 is 0. The van der Waals surface area contributed by atoms with E-state index in [4.69, 9.17) is 15.2 Å². The van der Waals surface area contributed by atoms with Crippen LogP contribution in [0.1, 0.15) is 5.56 Å². The Morgan fingerprint density at radius 2 is 1.95 bits per heavy atom. The highest BCUT2D eigenvalue weighted by Gasteiger charge is 2.09. The van der Waals surface area contributed by atoms with Gasteiger partial charge in [0.1, 0.15) is 11.5 Å². The highest BCUT2D eigenvalue weighted by atomic mass is 16.5. The summed E-state index contributed by atoms with van der Waals surface area (Å²) in [5, 5.41) is 3.17. The third kappa shape index (κ3) is 2.70. The number of hydrogen-bond donors (Lipinski definition) is 2. The fourth-order valence-corrected chi connectivity index (χ4v) is 1.71. The van der Waals surface area contributed by atoms with Crippen molar-refractivity contribution in [2.75, 3.05) is 25.3 Å². The Bertz CT molecular complexity index is 585. The summed E-state index contributed by atoms with van der Waals surface area (Å²) in [7, 11) is 3.23. The fraction of sp³-hybridized carbons (Fsp3) is 0.214. The molecule has 5 heteroatoms. The number of aryl methyl sites for hydroxylation is 1. The Morgan fingerprint density at radius 3 is 2.63 bits per heavy atom. The standard InChI is InChI=1S/C14H17N3O2/c1-9-6-7-16-14(13(9)15)17-11-8-10(18-2)4-5-12(11)19-3/h4-8H,15H2,1-3H3,(H,16,17). The van der Waals surface area contributed by atoms with E-state index in [-0.39, 0.29) is 0 Å². The second-order valence-corrected chi connectivity index (χ2v) is 4.08. The molecule has 1 aromatic heterocycles. The Balaban J connectivity index is 2.39. The van der Waals surface area contributed by atoms with Crippen molar-refractivity contribution in [3.8, 4) is 11.5 Å². The molecular formula is C14H17N3O2. The summed E-state index contributed by atoms with van der Waals surface area (Å²) in [4.78, 5) is 4.23. The number of nitrogens with two attached hydrogens (primary N) is 1. The van der Waals surface area contributed by atoms with E-state index in [0.29, 0.717) is 17.3 Å². The predicted molar refractivity (Wildman–Crippen MR) is 76.2 cm³/mol. The van der Waals surface area contributed by atoms with E-state index >= 15 is 0 Å². The minimum atomic E-state index is 0.603. The zero-order valence-corrected chi connectivity index (χ0v) is 11.2. The van der Waals surface area contributed by atoms with Crippen LogP contribution < -0.4 is 20.5 Å². The first-order valence-corrected chi connectivity index (χ1v) is 5.86. The van der Waals surface area contributed by atoms with Gasteiger partial charge in [0, 0.05) is 12.3 Å². The van der Waals surface area contributed by atoms with Crippen molar-refractivity contribution >= 4 is 17.2 Å². The first kappa shape index (κ1) is 13.0.